The van der Waals surface area contributed by atoms with E-state index >= 15 is 0 Å². The van der Waals surface area contributed by atoms with Gasteiger partial charge < -0.3 is 19.1 Å². The third-order valence-electron chi connectivity index (χ3n) is 4.24. The van der Waals surface area contributed by atoms with Gasteiger partial charge in [-0.2, -0.15) is 0 Å². The molecule has 1 atom stereocenters. The van der Waals surface area contributed by atoms with Gasteiger partial charge in [-0.15, -0.1) is 0 Å². The average molecular weight is 470 g/mol. The summed E-state index contributed by atoms with van der Waals surface area (Å²) in [6.45, 7) is 5.49. The molecule has 1 aliphatic rings. The fourth-order valence-electron chi connectivity index (χ4n) is 2.72. The summed E-state index contributed by atoms with van der Waals surface area (Å²) in [5, 5.41) is 3.55. The van der Waals surface area contributed by atoms with Crippen molar-refractivity contribution in [2.24, 2.45) is 5.41 Å². The minimum absolute atomic E-state index is 0.0245. The van der Waals surface area contributed by atoms with Gasteiger partial charge in [0.25, 0.3) is 0 Å². The molecule has 1 fully saturated rings. The zero-order valence-corrected chi connectivity index (χ0v) is 19.1. The van der Waals surface area contributed by atoms with Crippen molar-refractivity contribution in [1.82, 2.24) is 0 Å². The molecule has 1 saturated heterocycles. The van der Waals surface area contributed by atoms with Crippen molar-refractivity contribution < 1.29 is 13.8 Å². The number of nitrogens with one attached hydrogen (secondary N) is 1. The number of benzene rings is 2. The number of ether oxygens (including phenoxy) is 1. The first-order chi connectivity index (χ1) is 12.8. The number of anilines is 1. The molecule has 7 heteroatoms. The fraction of sp³-hybridized carbons (Fsp3) is 0.400. The van der Waals surface area contributed by atoms with Crippen LogP contribution in [0.1, 0.15) is 32.1 Å². The van der Waals surface area contributed by atoms with Crippen LogP contribution in [-0.2, 0) is 20.9 Å². The number of hydrogen-bond acceptors (Lipinski definition) is 5. The lowest BCUT2D eigenvalue weighted by Crippen LogP contribution is -2.31. The topological polar surface area (TPSA) is 39.7 Å². The molecule has 3 rings (SSSR count). The van der Waals surface area contributed by atoms with Gasteiger partial charge in [-0.1, -0.05) is 41.9 Å². The van der Waals surface area contributed by atoms with E-state index in [-0.39, 0.29) is 11.2 Å². The third-order valence-corrected chi connectivity index (χ3v) is 8.07. The highest BCUT2D eigenvalue weighted by Crippen LogP contribution is 2.64. The summed E-state index contributed by atoms with van der Waals surface area (Å²) >= 11 is 9.41. The van der Waals surface area contributed by atoms with E-state index in [9.17, 15) is 0 Å². The van der Waals surface area contributed by atoms with Gasteiger partial charge in [0.15, 0.2) is 0 Å². The van der Waals surface area contributed by atoms with Crippen molar-refractivity contribution in [1.29, 1.82) is 0 Å². The summed E-state index contributed by atoms with van der Waals surface area (Å²) in [5.41, 5.74) is 1.98. The van der Waals surface area contributed by atoms with Crippen LogP contribution in [0.3, 0.4) is 0 Å². The molecule has 0 spiro atoms. The van der Waals surface area contributed by atoms with Crippen LogP contribution in [0.2, 0.25) is 0 Å². The molecule has 4 nitrogen and oxygen atoms in total. The van der Waals surface area contributed by atoms with Gasteiger partial charge in [0, 0.05) is 15.6 Å². The van der Waals surface area contributed by atoms with Crippen LogP contribution in [-0.4, -0.2) is 19.8 Å². The maximum absolute atomic E-state index is 6.17. The fourth-order valence-corrected chi connectivity index (χ4v) is 6.10. The predicted octanol–water partition coefficient (Wildman–Crippen LogP) is 6.34. The minimum Gasteiger partial charge on any atom is -0.494 e. The molecule has 0 saturated carbocycles. The molecule has 0 unspecified atom stereocenters. The Labute approximate surface area is 174 Å². The lowest BCUT2D eigenvalue weighted by atomic mass is 9.97. The van der Waals surface area contributed by atoms with Crippen LogP contribution in [0.5, 0.6) is 5.75 Å². The smallest absolute Gasteiger partial charge is 0.215 e. The lowest BCUT2D eigenvalue weighted by Gasteiger charge is -2.40. The van der Waals surface area contributed by atoms with Gasteiger partial charge in [0.05, 0.1) is 19.8 Å². The Hall–Kier alpha value is -0.910. The molecule has 0 radical (unpaired) electrons. The van der Waals surface area contributed by atoms with Crippen molar-refractivity contribution >= 4 is 39.9 Å². The van der Waals surface area contributed by atoms with Gasteiger partial charge in [-0.05, 0) is 60.7 Å². The van der Waals surface area contributed by atoms with Crippen LogP contribution < -0.4 is 10.1 Å². The molecule has 1 aliphatic heterocycles. The quantitative estimate of drug-likeness (QED) is 0.499. The van der Waals surface area contributed by atoms with Gasteiger partial charge in [-0.3, -0.25) is 0 Å². The van der Waals surface area contributed by atoms with Gasteiger partial charge in [-0.25, -0.2) is 0 Å². The molecule has 146 valence electrons. The average Bonchev–Trinajstić information content (AvgIpc) is 2.65. The first-order valence-electron chi connectivity index (χ1n) is 8.95. The number of halogens is 1. The molecule has 1 heterocycles. The van der Waals surface area contributed by atoms with E-state index in [1.165, 1.54) is 0 Å². The Morgan fingerprint density at radius 1 is 1.11 bits per heavy atom. The second-order valence-electron chi connectivity index (χ2n) is 7.31. The summed E-state index contributed by atoms with van der Waals surface area (Å²) in [6, 6.07) is 16.0. The molecule has 0 amide bonds. The molecule has 2 aromatic rings. The van der Waals surface area contributed by atoms with Crippen LogP contribution in [0.4, 0.5) is 5.69 Å². The normalized spacial score (nSPS) is 19.3. The summed E-state index contributed by atoms with van der Waals surface area (Å²) in [7, 11) is 0. The number of hydrogen-bond donors (Lipinski definition) is 1. The second-order valence-corrected chi connectivity index (χ2v) is 11.9. The maximum Gasteiger partial charge on any atom is 0.215 e. The van der Waals surface area contributed by atoms with E-state index in [1.54, 1.807) is 0 Å². The highest BCUT2D eigenvalue weighted by molar-refractivity contribution is 9.10. The first-order valence-corrected chi connectivity index (χ1v) is 12.4. The maximum atomic E-state index is 6.17. The third kappa shape index (κ3) is 5.33. The lowest BCUT2D eigenvalue weighted by molar-refractivity contribution is 0.0579. The molecule has 0 aromatic heterocycles. The zero-order valence-electron chi connectivity index (χ0n) is 15.8. The predicted molar refractivity (Wildman–Crippen MR) is 118 cm³/mol. The van der Waals surface area contributed by atoms with Gasteiger partial charge >= 0.3 is 0 Å². The van der Waals surface area contributed by atoms with Crippen molar-refractivity contribution in [2.45, 2.75) is 26.6 Å². The molecule has 27 heavy (non-hydrogen) atoms. The monoisotopic (exact) mass is 469 g/mol. The van der Waals surface area contributed by atoms with E-state index in [2.05, 4.69) is 35.1 Å². The Kier molecular flexibility index (Phi) is 6.65. The molecule has 0 aliphatic carbocycles. The summed E-state index contributed by atoms with van der Waals surface area (Å²) in [5.74, 6) is 0.604. The van der Waals surface area contributed by atoms with Gasteiger partial charge in [0.2, 0.25) is 6.49 Å². The molecule has 1 N–H and O–H groups in total. The zero-order chi connectivity index (χ0) is 19.5. The Bertz CT molecular complexity index is 797. The van der Waals surface area contributed by atoms with Crippen molar-refractivity contribution in [3.63, 3.8) is 0 Å². The largest absolute Gasteiger partial charge is 0.494 e. The van der Waals surface area contributed by atoms with Crippen molar-refractivity contribution in [2.75, 3.05) is 25.1 Å². The highest BCUT2D eigenvalue weighted by atomic mass is 79.9. The SMILES string of the molecule is CCOc1ccc([C@@H](Nc2ccc(Br)cc2)P2(=S)OCC(C)(C)CO2)cc1. The summed E-state index contributed by atoms with van der Waals surface area (Å²) in [6.07, 6.45) is 0. The second kappa shape index (κ2) is 8.62. The standard InChI is InChI=1S/C20H25BrNO3PS/c1-4-23-18-11-5-15(6-12-18)19(22-17-9-7-16(21)8-10-17)26(27)24-13-20(2,3)14-25-26/h5-12,19,22H,4,13-14H2,1-3H3/t19-/m0/s1. The van der Waals surface area contributed by atoms with E-state index in [0.29, 0.717) is 19.8 Å². The van der Waals surface area contributed by atoms with E-state index in [4.69, 9.17) is 25.6 Å². The van der Waals surface area contributed by atoms with Crippen LogP contribution >= 0.6 is 22.4 Å². The van der Waals surface area contributed by atoms with Crippen molar-refractivity contribution in [3.05, 3.63) is 58.6 Å². The molecule has 2 aromatic carbocycles. The highest BCUT2D eigenvalue weighted by Gasteiger charge is 2.40. The summed E-state index contributed by atoms with van der Waals surface area (Å²) in [4.78, 5) is 0. The van der Waals surface area contributed by atoms with Crippen LogP contribution in [0, 0.1) is 5.41 Å². The first kappa shape index (κ1) is 20.8. The Morgan fingerprint density at radius 3 is 2.26 bits per heavy atom. The van der Waals surface area contributed by atoms with E-state index < -0.39 is 6.49 Å². The molecule has 0 bridgehead atoms. The summed E-state index contributed by atoms with van der Waals surface area (Å²) < 4.78 is 18.9. The van der Waals surface area contributed by atoms with E-state index in [0.717, 1.165) is 21.5 Å². The van der Waals surface area contributed by atoms with E-state index in [1.807, 2.05) is 55.5 Å². The Balaban J connectivity index is 1.90. The molecular formula is C20H25BrNO3PS. The van der Waals surface area contributed by atoms with Crippen LogP contribution in [0.25, 0.3) is 0 Å². The number of rotatable bonds is 6. The van der Waals surface area contributed by atoms with Crippen molar-refractivity contribution in [3.8, 4) is 5.75 Å². The van der Waals surface area contributed by atoms with Gasteiger partial charge in [0.1, 0.15) is 11.5 Å². The Morgan fingerprint density at radius 2 is 1.70 bits per heavy atom. The minimum atomic E-state index is -2.56. The molecular weight excluding hydrogens is 445 g/mol. The van der Waals surface area contributed by atoms with Crippen LogP contribution in [0.15, 0.2) is 53.0 Å².